The van der Waals surface area contributed by atoms with Crippen molar-refractivity contribution in [2.75, 3.05) is 18.8 Å². The molecule has 3 heterocycles. The van der Waals surface area contributed by atoms with Crippen LogP contribution in [0.2, 0.25) is 0 Å². The highest BCUT2D eigenvalue weighted by atomic mass is 15.2. The van der Waals surface area contributed by atoms with E-state index in [1.54, 1.807) is 0 Å². The Hall–Kier alpha value is -2.33. The Bertz CT molecular complexity index is 844. The van der Waals surface area contributed by atoms with E-state index in [2.05, 4.69) is 40.6 Å². The van der Waals surface area contributed by atoms with Crippen molar-refractivity contribution in [1.82, 2.24) is 14.3 Å². The van der Waals surface area contributed by atoms with Crippen molar-refractivity contribution in [1.29, 1.82) is 0 Å². The Morgan fingerprint density at radius 2 is 1.96 bits per heavy atom. The minimum absolute atomic E-state index is 0.781. The fraction of sp³-hybridized carbons (Fsp3) is 0.316. The van der Waals surface area contributed by atoms with E-state index in [1.165, 1.54) is 37.2 Å². The van der Waals surface area contributed by atoms with Crippen LogP contribution >= 0.6 is 0 Å². The molecule has 0 amide bonds. The van der Waals surface area contributed by atoms with Crippen LogP contribution in [0.5, 0.6) is 0 Å². The summed E-state index contributed by atoms with van der Waals surface area (Å²) in [6.07, 6.45) is 4.71. The van der Waals surface area contributed by atoms with Crippen LogP contribution in [0.1, 0.15) is 24.1 Å². The monoisotopic (exact) mass is 306 g/mol. The molecule has 2 N–H and O–H groups in total. The molecule has 0 aliphatic carbocycles. The number of imidazole rings is 1. The van der Waals surface area contributed by atoms with Gasteiger partial charge in [0.15, 0.2) is 0 Å². The van der Waals surface area contributed by atoms with Crippen LogP contribution in [0.4, 0.5) is 5.69 Å². The fourth-order valence-electron chi connectivity index (χ4n) is 3.47. The summed E-state index contributed by atoms with van der Waals surface area (Å²) in [5, 5.41) is 0. The first-order chi connectivity index (χ1) is 11.2. The van der Waals surface area contributed by atoms with Gasteiger partial charge >= 0.3 is 0 Å². The minimum atomic E-state index is 0.781. The van der Waals surface area contributed by atoms with Gasteiger partial charge in [0.05, 0.1) is 11.4 Å². The predicted octanol–water partition coefficient (Wildman–Crippen LogP) is 3.49. The van der Waals surface area contributed by atoms with Crippen molar-refractivity contribution >= 4 is 11.3 Å². The third-order valence-electron chi connectivity index (χ3n) is 4.68. The summed E-state index contributed by atoms with van der Waals surface area (Å²) < 4.78 is 2.24. The number of anilines is 1. The Balaban J connectivity index is 1.89. The second kappa shape index (κ2) is 5.70. The van der Waals surface area contributed by atoms with E-state index in [0.717, 1.165) is 29.1 Å². The Morgan fingerprint density at radius 1 is 1.13 bits per heavy atom. The third-order valence-corrected chi connectivity index (χ3v) is 4.68. The van der Waals surface area contributed by atoms with Gasteiger partial charge in [-0.1, -0.05) is 18.2 Å². The number of hydrogen-bond donors (Lipinski definition) is 1. The SMILES string of the molecule is Cc1cccn2c(CN3CCCC3)c(-c3cccc(N)c3)nc12. The van der Waals surface area contributed by atoms with Crippen LogP contribution in [0.25, 0.3) is 16.9 Å². The molecular formula is C19H22N4. The summed E-state index contributed by atoms with van der Waals surface area (Å²) in [5.74, 6) is 0. The van der Waals surface area contributed by atoms with Gasteiger partial charge in [-0.3, -0.25) is 4.90 Å². The lowest BCUT2D eigenvalue weighted by atomic mass is 10.1. The average molecular weight is 306 g/mol. The van der Waals surface area contributed by atoms with Crippen LogP contribution < -0.4 is 5.73 Å². The van der Waals surface area contributed by atoms with Gasteiger partial charge in [0.1, 0.15) is 5.65 Å². The number of likely N-dealkylation sites (tertiary alicyclic amines) is 1. The van der Waals surface area contributed by atoms with Crippen LogP contribution in [0.3, 0.4) is 0 Å². The zero-order chi connectivity index (χ0) is 15.8. The molecule has 0 spiro atoms. The molecule has 1 aromatic carbocycles. The summed E-state index contributed by atoms with van der Waals surface area (Å²) >= 11 is 0. The number of nitrogens with zero attached hydrogens (tertiary/aromatic N) is 3. The smallest absolute Gasteiger partial charge is 0.140 e. The van der Waals surface area contributed by atoms with E-state index in [4.69, 9.17) is 10.7 Å². The second-order valence-corrected chi connectivity index (χ2v) is 6.40. The molecule has 1 fully saturated rings. The Kier molecular flexibility index (Phi) is 3.54. The van der Waals surface area contributed by atoms with E-state index in [9.17, 15) is 0 Å². The highest BCUT2D eigenvalue weighted by molar-refractivity contribution is 5.70. The molecule has 2 aromatic heterocycles. The first-order valence-corrected chi connectivity index (χ1v) is 8.27. The Labute approximate surface area is 136 Å². The van der Waals surface area contributed by atoms with E-state index < -0.39 is 0 Å². The van der Waals surface area contributed by atoms with E-state index in [0.29, 0.717) is 0 Å². The molecule has 0 unspecified atom stereocenters. The van der Waals surface area contributed by atoms with Crippen molar-refractivity contribution in [3.05, 3.63) is 53.9 Å². The highest BCUT2D eigenvalue weighted by Crippen LogP contribution is 2.28. The van der Waals surface area contributed by atoms with E-state index in [1.807, 2.05) is 18.2 Å². The minimum Gasteiger partial charge on any atom is -0.399 e. The lowest BCUT2D eigenvalue weighted by Gasteiger charge is -2.15. The molecule has 4 rings (SSSR count). The van der Waals surface area contributed by atoms with Crippen molar-refractivity contribution in [2.45, 2.75) is 26.3 Å². The first kappa shape index (κ1) is 14.3. The van der Waals surface area contributed by atoms with Gasteiger partial charge in [-0.2, -0.15) is 0 Å². The maximum Gasteiger partial charge on any atom is 0.140 e. The summed E-state index contributed by atoms with van der Waals surface area (Å²) in [4.78, 5) is 7.46. The van der Waals surface area contributed by atoms with Gasteiger partial charge in [-0.15, -0.1) is 0 Å². The standard InChI is InChI=1S/C19H22N4/c1-14-6-5-11-23-17(13-22-9-2-3-10-22)18(21-19(14)23)15-7-4-8-16(20)12-15/h4-8,11-12H,2-3,9-10,13,20H2,1H3. The lowest BCUT2D eigenvalue weighted by molar-refractivity contribution is 0.327. The summed E-state index contributed by atoms with van der Waals surface area (Å²) in [5.41, 5.74) is 12.4. The molecule has 0 bridgehead atoms. The van der Waals surface area contributed by atoms with Gasteiger partial charge in [0.25, 0.3) is 0 Å². The van der Waals surface area contributed by atoms with Crippen molar-refractivity contribution < 1.29 is 0 Å². The predicted molar refractivity (Wildman–Crippen MR) is 94.3 cm³/mol. The van der Waals surface area contributed by atoms with Crippen LogP contribution in [0, 0.1) is 6.92 Å². The number of aromatic nitrogens is 2. The summed E-state index contributed by atoms with van der Waals surface area (Å²) in [7, 11) is 0. The zero-order valence-corrected chi connectivity index (χ0v) is 13.5. The maximum atomic E-state index is 5.99. The van der Waals surface area contributed by atoms with Gasteiger partial charge < -0.3 is 10.1 Å². The molecule has 0 atom stereocenters. The molecule has 4 heteroatoms. The molecular weight excluding hydrogens is 284 g/mol. The first-order valence-electron chi connectivity index (χ1n) is 8.27. The van der Waals surface area contributed by atoms with E-state index >= 15 is 0 Å². The number of nitrogen functional groups attached to an aromatic ring is 1. The molecule has 3 aromatic rings. The summed E-state index contributed by atoms with van der Waals surface area (Å²) in [6, 6.07) is 12.3. The number of fused-ring (bicyclic) bond motifs is 1. The maximum absolute atomic E-state index is 5.99. The largest absolute Gasteiger partial charge is 0.399 e. The number of aryl methyl sites for hydroxylation is 1. The summed E-state index contributed by atoms with van der Waals surface area (Å²) in [6.45, 7) is 5.41. The molecule has 1 aliphatic heterocycles. The van der Waals surface area contributed by atoms with Gasteiger partial charge in [-0.05, 0) is 56.6 Å². The van der Waals surface area contributed by atoms with Gasteiger partial charge in [0.2, 0.25) is 0 Å². The van der Waals surface area contributed by atoms with Gasteiger partial charge in [0, 0.05) is 24.0 Å². The molecule has 1 aliphatic rings. The number of benzene rings is 1. The number of pyridine rings is 1. The third kappa shape index (κ3) is 2.59. The molecule has 118 valence electrons. The molecule has 1 saturated heterocycles. The number of rotatable bonds is 3. The molecule has 0 radical (unpaired) electrons. The van der Waals surface area contributed by atoms with Crippen LogP contribution in [-0.4, -0.2) is 27.4 Å². The zero-order valence-electron chi connectivity index (χ0n) is 13.5. The lowest BCUT2D eigenvalue weighted by Crippen LogP contribution is -2.19. The fourth-order valence-corrected chi connectivity index (χ4v) is 3.47. The Morgan fingerprint density at radius 3 is 2.74 bits per heavy atom. The number of nitrogens with two attached hydrogens (primary N) is 1. The van der Waals surface area contributed by atoms with Crippen LogP contribution in [0.15, 0.2) is 42.6 Å². The average Bonchev–Trinajstić information content (AvgIpc) is 3.17. The molecule has 0 saturated carbocycles. The van der Waals surface area contributed by atoms with E-state index in [-0.39, 0.29) is 0 Å². The van der Waals surface area contributed by atoms with Gasteiger partial charge in [-0.25, -0.2) is 4.98 Å². The quantitative estimate of drug-likeness (QED) is 0.754. The highest BCUT2D eigenvalue weighted by Gasteiger charge is 2.20. The molecule has 23 heavy (non-hydrogen) atoms. The second-order valence-electron chi connectivity index (χ2n) is 6.40. The van der Waals surface area contributed by atoms with Crippen molar-refractivity contribution in [3.8, 4) is 11.3 Å². The number of hydrogen-bond acceptors (Lipinski definition) is 3. The topological polar surface area (TPSA) is 46.6 Å². The van der Waals surface area contributed by atoms with Crippen LogP contribution in [-0.2, 0) is 6.54 Å². The van der Waals surface area contributed by atoms with Crippen molar-refractivity contribution in [2.24, 2.45) is 0 Å². The molecule has 4 nitrogen and oxygen atoms in total. The normalized spacial score (nSPS) is 15.5. The van der Waals surface area contributed by atoms with Crippen molar-refractivity contribution in [3.63, 3.8) is 0 Å².